The molecule has 11 aromatic rings. The first-order chi connectivity index (χ1) is 28.1. The van der Waals surface area contributed by atoms with E-state index in [1.807, 2.05) is 0 Å². The average molecular weight is 735 g/mol. The fraction of sp³-hybridized carbons (Fsp3) is 0.0566. The summed E-state index contributed by atoms with van der Waals surface area (Å²) in [4.78, 5) is 4.59. The fourth-order valence-electron chi connectivity index (χ4n) is 8.75. The zero-order chi connectivity index (χ0) is 38.0. The molecule has 0 atom stereocenters. The predicted octanol–water partition coefficient (Wildman–Crippen LogP) is 15.9. The fourth-order valence-corrected chi connectivity index (χ4v) is 8.75. The lowest BCUT2D eigenvalue weighted by molar-refractivity contribution is 0.655. The van der Waals surface area contributed by atoms with Gasteiger partial charge in [-0.2, -0.15) is 0 Å². The van der Waals surface area contributed by atoms with E-state index in [4.69, 9.17) is 8.83 Å². The van der Waals surface area contributed by atoms with Crippen molar-refractivity contribution in [2.45, 2.75) is 19.8 Å². The summed E-state index contributed by atoms with van der Waals surface area (Å²) < 4.78 is 13.5. The van der Waals surface area contributed by atoms with Crippen molar-refractivity contribution in [2.24, 2.45) is 0 Å². The standard InChI is InChI=1S/C53H38N2O2/c1-34(2)51-52-45-29-35-23-25-43(54(39-15-7-3-8-16-39)40-17-9-4-10-18-40)27-37(35)31-47(45)56-49(52)33-50-53(51)46-30-36-24-26-44(28-38(36)32-48(46)57-50)55(41-19-11-5-12-20-41)42-21-13-6-14-22-42/h3-34H,1-2H3. The van der Waals surface area contributed by atoms with Crippen molar-refractivity contribution in [3.8, 4) is 0 Å². The van der Waals surface area contributed by atoms with E-state index in [0.29, 0.717) is 0 Å². The van der Waals surface area contributed by atoms with Crippen molar-refractivity contribution in [3.05, 3.63) is 194 Å². The molecule has 0 radical (unpaired) electrons. The van der Waals surface area contributed by atoms with Gasteiger partial charge < -0.3 is 18.6 Å². The highest BCUT2D eigenvalue weighted by atomic mass is 16.3. The van der Waals surface area contributed by atoms with Gasteiger partial charge in [-0.15, -0.1) is 0 Å². The molecule has 0 fully saturated rings. The first-order valence-electron chi connectivity index (χ1n) is 19.6. The second-order valence-corrected chi connectivity index (χ2v) is 15.2. The van der Waals surface area contributed by atoms with E-state index in [9.17, 15) is 0 Å². The topological polar surface area (TPSA) is 32.8 Å². The van der Waals surface area contributed by atoms with Crippen LogP contribution in [-0.2, 0) is 0 Å². The Kier molecular flexibility index (Phi) is 7.65. The van der Waals surface area contributed by atoms with Crippen LogP contribution in [0.5, 0.6) is 0 Å². The lowest BCUT2D eigenvalue weighted by atomic mass is 9.91. The Labute approximate surface area is 330 Å². The van der Waals surface area contributed by atoms with Crippen LogP contribution in [0.4, 0.5) is 34.1 Å². The van der Waals surface area contributed by atoms with Crippen molar-refractivity contribution < 1.29 is 8.83 Å². The Hall–Kier alpha value is -7.30. The number of furan rings is 2. The first-order valence-corrected chi connectivity index (χ1v) is 19.6. The van der Waals surface area contributed by atoms with E-state index < -0.39 is 0 Å². The quantitative estimate of drug-likeness (QED) is 0.163. The molecule has 0 bridgehead atoms. The SMILES string of the molecule is CC(C)c1c2c(cc3oc4cc5cc(N(c6ccccc6)c6ccccc6)ccc5cc4c13)oc1cc3cc(N(c4ccccc4)c4ccccc4)ccc3cc12. The second-order valence-electron chi connectivity index (χ2n) is 15.2. The van der Waals surface area contributed by atoms with Crippen LogP contribution < -0.4 is 9.80 Å². The van der Waals surface area contributed by atoms with Crippen LogP contribution in [0.15, 0.2) is 197 Å². The molecule has 57 heavy (non-hydrogen) atoms. The smallest absolute Gasteiger partial charge is 0.139 e. The van der Waals surface area contributed by atoms with E-state index in [1.165, 1.54) is 16.3 Å². The average Bonchev–Trinajstić information content (AvgIpc) is 3.78. The zero-order valence-corrected chi connectivity index (χ0v) is 31.7. The third kappa shape index (κ3) is 5.52. The van der Waals surface area contributed by atoms with Crippen molar-refractivity contribution >= 4 is 99.5 Å². The highest BCUT2D eigenvalue weighted by Crippen LogP contribution is 2.46. The number of anilines is 6. The van der Waals surface area contributed by atoms with Gasteiger partial charge in [0.1, 0.15) is 22.3 Å². The number of benzene rings is 9. The summed E-state index contributed by atoms with van der Waals surface area (Å²) in [6.07, 6.45) is 0. The zero-order valence-electron chi connectivity index (χ0n) is 31.7. The Morgan fingerprint density at radius 1 is 0.333 bits per heavy atom. The molecular formula is C53H38N2O2. The van der Waals surface area contributed by atoms with Gasteiger partial charge in [-0.05, 0) is 130 Å². The monoisotopic (exact) mass is 734 g/mol. The highest BCUT2D eigenvalue weighted by Gasteiger charge is 2.23. The van der Waals surface area contributed by atoms with Crippen molar-refractivity contribution in [1.29, 1.82) is 0 Å². The van der Waals surface area contributed by atoms with Gasteiger partial charge in [0.2, 0.25) is 0 Å². The highest BCUT2D eigenvalue weighted by molar-refractivity contribution is 6.21. The maximum atomic E-state index is 6.75. The van der Waals surface area contributed by atoms with Crippen molar-refractivity contribution in [1.82, 2.24) is 0 Å². The largest absolute Gasteiger partial charge is 0.456 e. The molecule has 9 aromatic carbocycles. The summed E-state index contributed by atoms with van der Waals surface area (Å²) >= 11 is 0. The number of fused-ring (bicyclic) bond motifs is 8. The molecule has 272 valence electrons. The van der Waals surface area contributed by atoms with Crippen LogP contribution in [0.3, 0.4) is 0 Å². The summed E-state index contributed by atoms with van der Waals surface area (Å²) in [5.74, 6) is 0.226. The lowest BCUT2D eigenvalue weighted by Crippen LogP contribution is -2.09. The van der Waals surface area contributed by atoms with Crippen LogP contribution in [0, 0.1) is 0 Å². The van der Waals surface area contributed by atoms with E-state index in [1.54, 1.807) is 0 Å². The molecule has 11 rings (SSSR count). The lowest BCUT2D eigenvalue weighted by Gasteiger charge is -2.25. The molecule has 0 saturated heterocycles. The van der Waals surface area contributed by atoms with Gasteiger partial charge in [0, 0.05) is 61.7 Å². The number of hydrogen-bond acceptors (Lipinski definition) is 4. The maximum absolute atomic E-state index is 6.75. The first kappa shape index (κ1) is 33.1. The van der Waals surface area contributed by atoms with Gasteiger partial charge in [0.15, 0.2) is 0 Å². The van der Waals surface area contributed by atoms with Crippen LogP contribution in [-0.4, -0.2) is 0 Å². The Bertz CT molecular complexity index is 2960. The van der Waals surface area contributed by atoms with Gasteiger partial charge in [-0.3, -0.25) is 0 Å². The molecule has 0 spiro atoms. The molecule has 0 aliphatic heterocycles. The molecule has 2 heterocycles. The Balaban J connectivity index is 1.06. The molecule has 2 aromatic heterocycles. The van der Waals surface area contributed by atoms with Crippen LogP contribution >= 0.6 is 0 Å². The van der Waals surface area contributed by atoms with Crippen LogP contribution in [0.25, 0.3) is 65.4 Å². The number of hydrogen-bond donors (Lipinski definition) is 0. The van der Waals surface area contributed by atoms with Gasteiger partial charge in [-0.1, -0.05) is 98.8 Å². The third-order valence-corrected chi connectivity index (χ3v) is 11.3. The van der Waals surface area contributed by atoms with E-state index in [0.717, 1.165) is 88.8 Å². The Morgan fingerprint density at radius 3 is 1.05 bits per heavy atom. The van der Waals surface area contributed by atoms with E-state index in [-0.39, 0.29) is 5.92 Å². The summed E-state index contributed by atoms with van der Waals surface area (Å²) in [6.45, 7) is 4.55. The second kappa shape index (κ2) is 13.2. The minimum atomic E-state index is 0.226. The van der Waals surface area contributed by atoms with Gasteiger partial charge >= 0.3 is 0 Å². The van der Waals surface area contributed by atoms with Crippen molar-refractivity contribution in [2.75, 3.05) is 9.80 Å². The molecule has 0 amide bonds. The van der Waals surface area contributed by atoms with E-state index in [2.05, 4.69) is 212 Å². The molecule has 0 aliphatic rings. The van der Waals surface area contributed by atoms with Gasteiger partial charge in [-0.25, -0.2) is 0 Å². The molecule has 0 unspecified atom stereocenters. The third-order valence-electron chi connectivity index (χ3n) is 11.3. The molecule has 0 N–H and O–H groups in total. The predicted molar refractivity (Wildman–Crippen MR) is 239 cm³/mol. The van der Waals surface area contributed by atoms with Crippen LogP contribution in [0.2, 0.25) is 0 Å². The molecular weight excluding hydrogens is 697 g/mol. The molecule has 4 heteroatoms. The molecule has 4 nitrogen and oxygen atoms in total. The summed E-state index contributed by atoms with van der Waals surface area (Å²) in [6, 6.07) is 66.7. The van der Waals surface area contributed by atoms with Crippen LogP contribution in [0.1, 0.15) is 25.3 Å². The minimum Gasteiger partial charge on any atom is -0.456 e. The normalized spacial score (nSPS) is 11.8. The number of rotatable bonds is 7. The number of nitrogens with zero attached hydrogens (tertiary/aromatic N) is 2. The molecule has 0 aliphatic carbocycles. The van der Waals surface area contributed by atoms with Gasteiger partial charge in [0.05, 0.1) is 0 Å². The number of para-hydroxylation sites is 4. The van der Waals surface area contributed by atoms with Gasteiger partial charge in [0.25, 0.3) is 0 Å². The maximum Gasteiger partial charge on any atom is 0.139 e. The summed E-state index contributed by atoms with van der Waals surface area (Å²) in [7, 11) is 0. The Morgan fingerprint density at radius 2 is 0.702 bits per heavy atom. The van der Waals surface area contributed by atoms with Crippen molar-refractivity contribution in [3.63, 3.8) is 0 Å². The van der Waals surface area contributed by atoms with E-state index >= 15 is 0 Å². The minimum absolute atomic E-state index is 0.226. The molecule has 0 saturated carbocycles. The summed E-state index contributed by atoms with van der Waals surface area (Å²) in [5, 5.41) is 9.16. The summed E-state index contributed by atoms with van der Waals surface area (Å²) in [5.41, 5.74) is 11.3.